The van der Waals surface area contributed by atoms with Crippen LogP contribution in [0.5, 0.6) is 0 Å². The third-order valence-corrected chi connectivity index (χ3v) is 5.22. The lowest BCUT2D eigenvalue weighted by molar-refractivity contribution is -0.121. The number of nitrogens with zero attached hydrogens (tertiary/aromatic N) is 1. The van der Waals surface area contributed by atoms with E-state index in [9.17, 15) is 4.79 Å². The van der Waals surface area contributed by atoms with Crippen LogP contribution in [0.25, 0.3) is 10.8 Å². The van der Waals surface area contributed by atoms with Gasteiger partial charge in [0.15, 0.2) is 0 Å². The minimum absolute atomic E-state index is 0.0249. The number of carbonyl (C=O) groups excluding carboxylic acids is 1. The first kappa shape index (κ1) is 12.8. The van der Waals surface area contributed by atoms with Crippen LogP contribution in [0.4, 0.5) is 5.69 Å². The molecule has 3 N–H and O–H groups in total. The van der Waals surface area contributed by atoms with E-state index >= 15 is 0 Å². The second-order valence-corrected chi connectivity index (χ2v) is 6.33. The summed E-state index contributed by atoms with van der Waals surface area (Å²) in [6.07, 6.45) is 7.02. The molecule has 1 aromatic carbocycles. The van der Waals surface area contributed by atoms with Crippen molar-refractivity contribution in [3.63, 3.8) is 0 Å². The Hall–Kier alpha value is -1.94. The lowest BCUT2D eigenvalue weighted by atomic mass is 9.84. The van der Waals surface area contributed by atoms with Gasteiger partial charge in [-0.3, -0.25) is 9.78 Å². The monoisotopic (exact) mass is 281 g/mol. The van der Waals surface area contributed by atoms with Crippen LogP contribution in [0, 0.1) is 17.8 Å². The lowest BCUT2D eigenvalue weighted by Crippen LogP contribution is -2.42. The van der Waals surface area contributed by atoms with Gasteiger partial charge < -0.3 is 11.1 Å². The van der Waals surface area contributed by atoms with E-state index < -0.39 is 0 Å². The maximum Gasteiger partial charge on any atom is 0.229 e. The molecule has 108 valence electrons. The molecule has 0 spiro atoms. The van der Waals surface area contributed by atoms with Gasteiger partial charge >= 0.3 is 0 Å². The molecule has 2 aliphatic carbocycles. The van der Waals surface area contributed by atoms with Gasteiger partial charge in [-0.15, -0.1) is 0 Å². The maximum atomic E-state index is 12.6. The third kappa shape index (κ3) is 2.02. The Labute approximate surface area is 123 Å². The quantitative estimate of drug-likeness (QED) is 0.889. The predicted octanol–water partition coefficient (Wildman–Crippen LogP) is 2.55. The zero-order valence-corrected chi connectivity index (χ0v) is 11.8. The van der Waals surface area contributed by atoms with Crippen LogP contribution in [-0.2, 0) is 4.79 Å². The number of nitrogens with one attached hydrogen (secondary N) is 1. The van der Waals surface area contributed by atoms with E-state index in [1.807, 2.05) is 24.3 Å². The minimum Gasteiger partial charge on any atom is -0.327 e. The number of pyridine rings is 1. The molecule has 4 nitrogen and oxygen atoms in total. The van der Waals surface area contributed by atoms with Gasteiger partial charge in [0, 0.05) is 23.8 Å². The van der Waals surface area contributed by atoms with E-state index in [-0.39, 0.29) is 17.9 Å². The van der Waals surface area contributed by atoms with Crippen molar-refractivity contribution in [3.05, 3.63) is 36.7 Å². The molecular weight excluding hydrogens is 262 g/mol. The summed E-state index contributed by atoms with van der Waals surface area (Å²) in [5, 5.41) is 5.14. The highest BCUT2D eigenvalue weighted by Crippen LogP contribution is 2.48. The van der Waals surface area contributed by atoms with Gasteiger partial charge in [-0.1, -0.05) is 12.1 Å². The fourth-order valence-electron chi connectivity index (χ4n) is 4.16. The van der Waals surface area contributed by atoms with E-state index in [0.29, 0.717) is 11.8 Å². The maximum absolute atomic E-state index is 12.6. The van der Waals surface area contributed by atoms with Gasteiger partial charge in [-0.2, -0.15) is 0 Å². The Bertz CT molecular complexity index is 692. The van der Waals surface area contributed by atoms with Gasteiger partial charge in [0.05, 0.1) is 11.6 Å². The summed E-state index contributed by atoms with van der Waals surface area (Å²) >= 11 is 0. The molecule has 1 heterocycles. The number of aromatic nitrogens is 1. The molecule has 21 heavy (non-hydrogen) atoms. The Kier molecular flexibility index (Phi) is 2.93. The first-order chi connectivity index (χ1) is 10.2. The highest BCUT2D eigenvalue weighted by atomic mass is 16.2. The number of fused-ring (bicyclic) bond motifs is 3. The van der Waals surface area contributed by atoms with E-state index in [4.69, 9.17) is 5.73 Å². The van der Waals surface area contributed by atoms with Crippen molar-refractivity contribution in [2.45, 2.75) is 25.3 Å². The Morgan fingerprint density at radius 3 is 2.90 bits per heavy atom. The third-order valence-electron chi connectivity index (χ3n) is 5.22. The molecular formula is C17H19N3O. The molecule has 4 rings (SSSR count). The molecule has 1 aromatic heterocycles. The van der Waals surface area contributed by atoms with Crippen molar-refractivity contribution in [2.75, 3.05) is 5.32 Å². The average Bonchev–Trinajstić information content (AvgIpc) is 3.08. The number of amides is 1. The summed E-state index contributed by atoms with van der Waals surface area (Å²) in [4.78, 5) is 16.8. The molecule has 4 unspecified atom stereocenters. The fourth-order valence-corrected chi connectivity index (χ4v) is 4.16. The molecule has 4 heteroatoms. The van der Waals surface area contributed by atoms with Crippen LogP contribution in [0.15, 0.2) is 36.7 Å². The molecule has 2 fully saturated rings. The molecule has 0 saturated heterocycles. The van der Waals surface area contributed by atoms with Crippen molar-refractivity contribution in [1.29, 1.82) is 0 Å². The first-order valence-corrected chi connectivity index (χ1v) is 7.63. The summed E-state index contributed by atoms with van der Waals surface area (Å²) in [5.41, 5.74) is 7.09. The number of nitrogens with two attached hydrogens (primary N) is 1. The van der Waals surface area contributed by atoms with Gasteiger partial charge in [0.2, 0.25) is 5.91 Å². The number of carbonyl (C=O) groups is 1. The zero-order valence-electron chi connectivity index (χ0n) is 11.8. The van der Waals surface area contributed by atoms with Crippen molar-refractivity contribution in [3.8, 4) is 0 Å². The molecule has 2 saturated carbocycles. The molecule has 2 aliphatic rings. The second-order valence-electron chi connectivity index (χ2n) is 6.33. The number of anilines is 1. The standard InChI is InChI=1S/C17H19N3O/c18-16-12-5-4-11(8-12)15(16)17(21)20-14-3-1-2-10-6-7-19-9-13(10)14/h1-3,6-7,9,11-12,15-16H,4-5,8,18H2,(H,20,21). The van der Waals surface area contributed by atoms with Crippen LogP contribution in [0.3, 0.4) is 0 Å². The Morgan fingerprint density at radius 1 is 1.24 bits per heavy atom. The van der Waals surface area contributed by atoms with Gasteiger partial charge in [0.1, 0.15) is 0 Å². The van der Waals surface area contributed by atoms with E-state index in [2.05, 4.69) is 10.3 Å². The highest BCUT2D eigenvalue weighted by Gasteiger charge is 2.49. The smallest absolute Gasteiger partial charge is 0.229 e. The van der Waals surface area contributed by atoms with Gasteiger partial charge in [0.25, 0.3) is 0 Å². The van der Waals surface area contributed by atoms with Crippen molar-refractivity contribution in [1.82, 2.24) is 4.98 Å². The lowest BCUT2D eigenvalue weighted by Gasteiger charge is -2.27. The highest BCUT2D eigenvalue weighted by molar-refractivity contribution is 6.02. The summed E-state index contributed by atoms with van der Waals surface area (Å²) in [6, 6.07) is 7.89. The van der Waals surface area contributed by atoms with Gasteiger partial charge in [-0.25, -0.2) is 0 Å². The number of rotatable bonds is 2. The largest absolute Gasteiger partial charge is 0.327 e. The second kappa shape index (κ2) is 4.81. The summed E-state index contributed by atoms with van der Waals surface area (Å²) < 4.78 is 0. The normalized spacial score (nSPS) is 30.7. The minimum atomic E-state index is -0.0318. The van der Waals surface area contributed by atoms with Gasteiger partial charge in [-0.05, 0) is 48.6 Å². The van der Waals surface area contributed by atoms with Crippen LogP contribution >= 0.6 is 0 Å². The molecule has 2 aromatic rings. The van der Waals surface area contributed by atoms with Crippen LogP contribution in [0.2, 0.25) is 0 Å². The molecule has 0 radical (unpaired) electrons. The molecule has 2 bridgehead atoms. The van der Waals surface area contributed by atoms with Crippen molar-refractivity contribution >= 4 is 22.4 Å². The van der Waals surface area contributed by atoms with Crippen molar-refractivity contribution in [2.24, 2.45) is 23.5 Å². The average molecular weight is 281 g/mol. The van der Waals surface area contributed by atoms with E-state index in [1.54, 1.807) is 12.4 Å². The number of benzene rings is 1. The van der Waals surface area contributed by atoms with E-state index in [1.165, 1.54) is 6.42 Å². The Balaban J connectivity index is 1.62. The van der Waals surface area contributed by atoms with Crippen LogP contribution in [0.1, 0.15) is 19.3 Å². The molecule has 1 amide bonds. The Morgan fingerprint density at radius 2 is 2.10 bits per heavy atom. The molecule has 0 aliphatic heterocycles. The van der Waals surface area contributed by atoms with Crippen LogP contribution < -0.4 is 11.1 Å². The summed E-state index contributed by atoms with van der Waals surface area (Å²) in [5.74, 6) is 1.06. The molecule has 4 atom stereocenters. The number of hydrogen-bond donors (Lipinski definition) is 2. The first-order valence-electron chi connectivity index (χ1n) is 7.63. The fraction of sp³-hybridized carbons (Fsp3) is 0.412. The summed E-state index contributed by atoms with van der Waals surface area (Å²) in [6.45, 7) is 0. The van der Waals surface area contributed by atoms with Crippen LogP contribution in [-0.4, -0.2) is 16.9 Å². The van der Waals surface area contributed by atoms with E-state index in [0.717, 1.165) is 29.3 Å². The predicted molar refractivity (Wildman–Crippen MR) is 82.7 cm³/mol. The summed E-state index contributed by atoms with van der Waals surface area (Å²) in [7, 11) is 0. The van der Waals surface area contributed by atoms with Crippen molar-refractivity contribution < 1.29 is 4.79 Å². The SMILES string of the molecule is NC1C2CCC(C2)C1C(=O)Nc1cccc2ccncc12. The topological polar surface area (TPSA) is 68.0 Å². The zero-order chi connectivity index (χ0) is 14.4. The number of hydrogen-bond acceptors (Lipinski definition) is 3.